The van der Waals surface area contributed by atoms with Crippen LogP contribution in [-0.4, -0.2) is 74.2 Å². The Morgan fingerprint density at radius 3 is 2.12 bits per heavy atom. The molecule has 3 rings (SSSR count). The number of benzene rings is 2. The molecule has 2 N–H and O–H groups in total. The van der Waals surface area contributed by atoms with Gasteiger partial charge in [0, 0.05) is 5.69 Å². The third kappa shape index (κ3) is 6.36. The number of nitrogens with zero attached hydrogens (tertiary/aromatic N) is 1. The number of ether oxygens (including phenoxy) is 2. The second-order valence-corrected chi connectivity index (χ2v) is 12.6. The maximum absolute atomic E-state index is 13.2. The predicted molar refractivity (Wildman–Crippen MR) is 130 cm³/mol. The fraction of sp³-hybridized carbons (Fsp3) is 0.333. The normalized spacial score (nSPS) is 15.5. The molecule has 2 aromatic carbocycles. The van der Waals surface area contributed by atoms with Gasteiger partial charge in [-0.25, -0.2) is 10.0 Å². The van der Waals surface area contributed by atoms with Gasteiger partial charge in [0.1, 0.15) is 31.5 Å². The Kier molecular flexibility index (Phi) is 7.95. The van der Waals surface area contributed by atoms with Crippen LogP contribution in [0.4, 0.5) is 5.69 Å². The molecule has 0 saturated carbocycles. The van der Waals surface area contributed by atoms with Gasteiger partial charge in [-0.3, -0.25) is 24.1 Å². The van der Waals surface area contributed by atoms with Crippen LogP contribution in [0.5, 0.6) is 5.75 Å². The standard InChI is InChI=1S/C24H29N3O6S/c1-32-18-9-5-16(6-10-18)23(26-20(28)13-27-21(29)14-33-15-22(27)30)24(31)25-17-7-11-19(12-8-17)34(2,3)4/h5-12,23H,13-15H2,1-4H3,(H,25,31)(H,26,28). The molecule has 0 spiro atoms. The molecule has 1 atom stereocenters. The molecule has 0 aromatic heterocycles. The van der Waals surface area contributed by atoms with E-state index in [0.717, 1.165) is 4.90 Å². The van der Waals surface area contributed by atoms with Crippen molar-refractivity contribution in [3.05, 3.63) is 54.1 Å². The zero-order valence-electron chi connectivity index (χ0n) is 19.6. The van der Waals surface area contributed by atoms with E-state index in [4.69, 9.17) is 9.47 Å². The highest BCUT2D eigenvalue weighted by molar-refractivity contribution is 8.32. The Labute approximate surface area is 200 Å². The van der Waals surface area contributed by atoms with Gasteiger partial charge in [-0.05, 0) is 65.6 Å². The molecule has 2 aromatic rings. The summed E-state index contributed by atoms with van der Waals surface area (Å²) >= 11 is 0. The fourth-order valence-electron chi connectivity index (χ4n) is 3.30. The summed E-state index contributed by atoms with van der Waals surface area (Å²) in [6, 6.07) is 13.2. The number of hydrogen-bond donors (Lipinski definition) is 2. The summed E-state index contributed by atoms with van der Waals surface area (Å²) in [5.41, 5.74) is 1.10. The molecule has 1 aliphatic heterocycles. The lowest BCUT2D eigenvalue weighted by atomic mass is 10.1. The molecule has 1 saturated heterocycles. The zero-order chi connectivity index (χ0) is 24.9. The molecule has 9 nitrogen and oxygen atoms in total. The number of anilines is 1. The molecule has 182 valence electrons. The molecule has 0 aliphatic carbocycles. The van der Waals surface area contributed by atoms with Crippen molar-refractivity contribution in [3.8, 4) is 5.75 Å². The van der Waals surface area contributed by atoms with Gasteiger partial charge in [-0.1, -0.05) is 12.1 Å². The number of hydrogen-bond acceptors (Lipinski definition) is 6. The molecule has 4 amide bonds. The van der Waals surface area contributed by atoms with Gasteiger partial charge in [-0.2, -0.15) is 0 Å². The summed E-state index contributed by atoms with van der Waals surface area (Å²) in [5.74, 6) is -1.71. The lowest BCUT2D eigenvalue weighted by Gasteiger charge is -2.26. The monoisotopic (exact) mass is 487 g/mol. The van der Waals surface area contributed by atoms with Crippen LogP contribution in [0.3, 0.4) is 0 Å². The van der Waals surface area contributed by atoms with Crippen LogP contribution in [0.15, 0.2) is 53.4 Å². The number of carbonyl (C=O) groups is 4. The third-order valence-electron chi connectivity index (χ3n) is 5.20. The highest BCUT2D eigenvalue weighted by Crippen LogP contribution is 2.45. The first-order chi connectivity index (χ1) is 16.1. The van der Waals surface area contributed by atoms with Crippen LogP contribution < -0.4 is 15.4 Å². The van der Waals surface area contributed by atoms with Crippen molar-refractivity contribution < 1.29 is 28.7 Å². The van der Waals surface area contributed by atoms with Crippen molar-refractivity contribution in [2.24, 2.45) is 0 Å². The summed E-state index contributed by atoms with van der Waals surface area (Å²) in [4.78, 5) is 51.8. The minimum absolute atomic E-state index is 0.270. The Morgan fingerprint density at radius 2 is 1.59 bits per heavy atom. The Morgan fingerprint density at radius 1 is 1.00 bits per heavy atom. The van der Waals surface area contributed by atoms with Gasteiger partial charge < -0.3 is 20.1 Å². The smallest absolute Gasteiger partial charge is 0.255 e. The quantitative estimate of drug-likeness (QED) is 0.550. The molecule has 10 heteroatoms. The maximum atomic E-state index is 13.2. The number of nitrogens with one attached hydrogen (secondary N) is 2. The Hall–Kier alpha value is -3.37. The van der Waals surface area contributed by atoms with Crippen molar-refractivity contribution in [2.75, 3.05) is 51.0 Å². The molecule has 1 aliphatic rings. The number of rotatable bonds is 8. The van der Waals surface area contributed by atoms with Gasteiger partial charge in [0.15, 0.2) is 0 Å². The van der Waals surface area contributed by atoms with Crippen LogP contribution in [-0.2, 0) is 23.9 Å². The van der Waals surface area contributed by atoms with E-state index in [1.807, 2.05) is 24.3 Å². The van der Waals surface area contributed by atoms with Gasteiger partial charge in [-0.15, -0.1) is 0 Å². The molecule has 34 heavy (non-hydrogen) atoms. The first kappa shape index (κ1) is 25.3. The first-order valence-electron chi connectivity index (χ1n) is 10.5. The summed E-state index contributed by atoms with van der Waals surface area (Å²) in [7, 11) is 0.625. The molecular weight excluding hydrogens is 458 g/mol. The lowest BCUT2D eigenvalue weighted by molar-refractivity contribution is -0.160. The number of imide groups is 1. The van der Waals surface area contributed by atoms with Gasteiger partial charge in [0.25, 0.3) is 17.7 Å². The van der Waals surface area contributed by atoms with Crippen LogP contribution in [0.25, 0.3) is 0 Å². The molecule has 0 bridgehead atoms. The van der Waals surface area contributed by atoms with Crippen LogP contribution in [0.2, 0.25) is 0 Å². The van der Waals surface area contributed by atoms with Gasteiger partial charge in [0.05, 0.1) is 7.11 Å². The minimum atomic E-state index is -1.06. The van der Waals surface area contributed by atoms with Crippen molar-refractivity contribution in [3.63, 3.8) is 0 Å². The highest BCUT2D eigenvalue weighted by Gasteiger charge is 2.30. The summed E-state index contributed by atoms with van der Waals surface area (Å²) < 4.78 is 10.0. The number of carbonyl (C=O) groups excluding carboxylic acids is 4. The van der Waals surface area contributed by atoms with Crippen LogP contribution in [0, 0.1) is 0 Å². The van der Waals surface area contributed by atoms with E-state index in [-0.39, 0.29) is 13.2 Å². The third-order valence-corrected chi connectivity index (χ3v) is 6.89. The summed E-state index contributed by atoms with van der Waals surface area (Å²) in [6.07, 6.45) is 6.54. The molecule has 1 unspecified atom stereocenters. The number of amides is 4. The van der Waals surface area contributed by atoms with Crippen LogP contribution in [0.1, 0.15) is 11.6 Å². The fourth-order valence-corrected chi connectivity index (χ4v) is 4.26. The minimum Gasteiger partial charge on any atom is -0.497 e. The molecular formula is C24H29N3O6S. The largest absolute Gasteiger partial charge is 0.497 e. The van der Waals surface area contributed by atoms with E-state index in [1.54, 1.807) is 24.3 Å². The topological polar surface area (TPSA) is 114 Å². The zero-order valence-corrected chi connectivity index (χ0v) is 20.4. The summed E-state index contributed by atoms with van der Waals surface area (Å²) in [6.45, 7) is -1.04. The Balaban J connectivity index is 1.78. The Bertz CT molecular complexity index is 1050. The van der Waals surface area contributed by atoms with Gasteiger partial charge >= 0.3 is 0 Å². The molecule has 0 radical (unpaired) electrons. The maximum Gasteiger partial charge on any atom is 0.255 e. The summed E-state index contributed by atoms with van der Waals surface area (Å²) in [5, 5.41) is 5.47. The number of morpholine rings is 1. The van der Waals surface area contributed by atoms with Crippen molar-refractivity contribution in [1.29, 1.82) is 0 Å². The molecule has 1 fully saturated rings. The average molecular weight is 488 g/mol. The average Bonchev–Trinajstić information content (AvgIpc) is 2.80. The lowest BCUT2D eigenvalue weighted by Crippen LogP contribution is -2.51. The first-order valence-corrected chi connectivity index (χ1v) is 13.4. The van der Waals surface area contributed by atoms with E-state index < -0.39 is 46.2 Å². The highest BCUT2D eigenvalue weighted by atomic mass is 32.3. The molecule has 1 heterocycles. The number of methoxy groups -OCH3 is 1. The van der Waals surface area contributed by atoms with Gasteiger partial charge in [0.2, 0.25) is 5.91 Å². The van der Waals surface area contributed by atoms with Crippen molar-refractivity contribution in [1.82, 2.24) is 10.2 Å². The predicted octanol–water partition coefficient (Wildman–Crippen LogP) is 1.93. The van der Waals surface area contributed by atoms with Crippen molar-refractivity contribution in [2.45, 2.75) is 10.9 Å². The van der Waals surface area contributed by atoms with Crippen molar-refractivity contribution >= 4 is 39.3 Å². The second-order valence-electron chi connectivity index (χ2n) is 8.49. The van der Waals surface area contributed by atoms with E-state index in [0.29, 0.717) is 17.0 Å². The van der Waals surface area contributed by atoms with E-state index >= 15 is 0 Å². The second kappa shape index (κ2) is 10.7. The van der Waals surface area contributed by atoms with E-state index in [2.05, 4.69) is 29.4 Å². The SMILES string of the molecule is COc1ccc(C(NC(=O)CN2C(=O)COCC2=O)C(=O)Nc2ccc(S(C)(C)C)cc2)cc1. The van der Waals surface area contributed by atoms with E-state index in [9.17, 15) is 19.2 Å². The van der Waals surface area contributed by atoms with Crippen LogP contribution >= 0.6 is 10.0 Å². The van der Waals surface area contributed by atoms with E-state index in [1.165, 1.54) is 12.0 Å².